The second-order valence-corrected chi connectivity index (χ2v) is 16.4. The van der Waals surface area contributed by atoms with Crippen molar-refractivity contribution in [1.82, 2.24) is 0 Å². The highest BCUT2D eigenvalue weighted by molar-refractivity contribution is 14.1. The molecule has 0 aliphatic carbocycles. The standard InChI is InChI=1S/C21H8Cl4I6N2O6S/c1-3(21(39)33-16-13(30)7(19(24)37)10(27)8(14(16)31)20(25)38)40-2-4(34)32-15-11(28)5(17(22)35)9(26)6(12(15)29)18(23)36/h3H,2H2,1H3,(H,32,34)(H,33,39). The Morgan fingerprint density at radius 2 is 0.900 bits per heavy atom. The van der Waals surface area contributed by atoms with Gasteiger partial charge in [-0.25, -0.2) is 0 Å². The molecule has 0 radical (unpaired) electrons. The summed E-state index contributed by atoms with van der Waals surface area (Å²) in [4.78, 5) is 73.9. The molecule has 1 unspecified atom stereocenters. The number of hydrogen-bond donors (Lipinski definition) is 2. The maximum absolute atomic E-state index is 13.0. The van der Waals surface area contributed by atoms with Crippen molar-refractivity contribution in [1.29, 1.82) is 0 Å². The van der Waals surface area contributed by atoms with Gasteiger partial charge in [0.05, 0.1) is 58.9 Å². The maximum Gasteiger partial charge on any atom is 0.254 e. The Morgan fingerprint density at radius 1 is 0.600 bits per heavy atom. The molecule has 19 heteroatoms. The number of carbonyl (C=O) groups excluding carboxylic acids is 6. The lowest BCUT2D eigenvalue weighted by Gasteiger charge is -2.19. The van der Waals surface area contributed by atoms with Crippen molar-refractivity contribution in [3.63, 3.8) is 0 Å². The number of anilines is 2. The average molecular weight is 1320 g/mol. The van der Waals surface area contributed by atoms with Crippen LogP contribution >= 0.6 is 194 Å². The zero-order chi connectivity index (χ0) is 30.8. The Hall–Kier alpha value is 1.95. The number of carbonyl (C=O) groups is 6. The zero-order valence-corrected chi connectivity index (χ0v) is 35.7. The van der Waals surface area contributed by atoms with Gasteiger partial charge in [0.1, 0.15) is 0 Å². The van der Waals surface area contributed by atoms with Gasteiger partial charge in [-0.3, -0.25) is 28.8 Å². The van der Waals surface area contributed by atoms with Gasteiger partial charge in [0, 0.05) is 7.14 Å². The van der Waals surface area contributed by atoms with Crippen molar-refractivity contribution in [3.8, 4) is 0 Å². The molecule has 2 aromatic rings. The fourth-order valence-electron chi connectivity index (χ4n) is 2.91. The van der Waals surface area contributed by atoms with Gasteiger partial charge in [-0.2, -0.15) is 0 Å². The van der Waals surface area contributed by atoms with Crippen LogP contribution in [0.15, 0.2) is 0 Å². The first-order chi connectivity index (χ1) is 18.4. The highest BCUT2D eigenvalue weighted by Crippen LogP contribution is 2.39. The first kappa shape index (κ1) is 38.1. The predicted molar refractivity (Wildman–Crippen MR) is 209 cm³/mol. The second kappa shape index (κ2) is 16.5. The van der Waals surface area contributed by atoms with E-state index in [1.807, 2.05) is 90.4 Å². The SMILES string of the molecule is CC(SCC(=O)Nc1c(I)c(C(=O)Cl)c(I)c(C(=O)Cl)c1I)C(=O)Nc1c(I)c(C(=O)Cl)c(I)c(C(=O)Cl)c1I. The molecule has 0 bridgehead atoms. The van der Waals surface area contributed by atoms with Gasteiger partial charge in [-0.1, -0.05) is 0 Å². The lowest BCUT2D eigenvalue weighted by atomic mass is 10.1. The molecule has 2 rings (SSSR count). The molecule has 2 amide bonds. The molecular formula is C21H8Cl4I6N2O6S. The fourth-order valence-corrected chi connectivity index (χ4v) is 14.5. The molecule has 2 aromatic carbocycles. The lowest BCUT2D eigenvalue weighted by molar-refractivity contribution is -0.115. The van der Waals surface area contributed by atoms with Crippen molar-refractivity contribution in [2.75, 3.05) is 16.4 Å². The minimum atomic E-state index is -0.822. The molecule has 0 saturated heterocycles. The summed E-state index contributed by atoms with van der Waals surface area (Å²) in [5, 5.41) is 1.31. The van der Waals surface area contributed by atoms with Crippen LogP contribution in [0, 0.1) is 21.4 Å². The first-order valence-electron chi connectivity index (χ1n) is 9.86. The molecule has 214 valence electrons. The summed E-state index contributed by atoms with van der Waals surface area (Å²) < 4.78 is 1.84. The summed E-state index contributed by atoms with van der Waals surface area (Å²) in [7, 11) is 0. The third-order valence-electron chi connectivity index (χ3n) is 4.77. The monoisotopic (exact) mass is 1320 g/mol. The van der Waals surface area contributed by atoms with E-state index >= 15 is 0 Å². The van der Waals surface area contributed by atoms with Crippen LogP contribution in [-0.2, 0) is 9.59 Å². The number of rotatable bonds is 10. The normalized spacial score (nSPS) is 11.6. The summed E-state index contributed by atoms with van der Waals surface area (Å²) in [6.07, 6.45) is 0. The molecule has 0 fully saturated rings. The molecule has 1 atom stereocenters. The van der Waals surface area contributed by atoms with Crippen molar-refractivity contribution in [2.45, 2.75) is 12.2 Å². The second-order valence-electron chi connectivity index (χ2n) is 7.22. The van der Waals surface area contributed by atoms with Gasteiger partial charge >= 0.3 is 0 Å². The molecule has 8 nitrogen and oxygen atoms in total. The number of halogens is 10. The number of thioether (sulfide) groups is 1. The largest absolute Gasteiger partial charge is 0.323 e. The molecule has 0 aliphatic rings. The number of nitrogens with one attached hydrogen (secondary N) is 2. The van der Waals surface area contributed by atoms with Gasteiger partial charge in [-0.15, -0.1) is 11.8 Å². The van der Waals surface area contributed by atoms with E-state index in [0.717, 1.165) is 11.8 Å². The van der Waals surface area contributed by atoms with E-state index in [1.165, 1.54) is 0 Å². The van der Waals surface area contributed by atoms with Crippen LogP contribution in [0.1, 0.15) is 48.4 Å². The van der Waals surface area contributed by atoms with Gasteiger partial charge in [0.2, 0.25) is 11.8 Å². The highest BCUT2D eigenvalue weighted by atomic mass is 127. The molecule has 0 saturated carbocycles. The molecule has 0 aliphatic heterocycles. The number of amides is 2. The van der Waals surface area contributed by atoms with Crippen LogP contribution in [0.5, 0.6) is 0 Å². The number of benzene rings is 2. The molecule has 0 aromatic heterocycles. The van der Waals surface area contributed by atoms with Crippen molar-refractivity contribution < 1.29 is 28.8 Å². The van der Waals surface area contributed by atoms with Crippen LogP contribution in [0.2, 0.25) is 0 Å². The summed E-state index contributed by atoms with van der Waals surface area (Å²) in [6, 6.07) is 0. The topological polar surface area (TPSA) is 126 Å². The van der Waals surface area contributed by atoms with Gasteiger partial charge < -0.3 is 10.6 Å². The molecule has 0 heterocycles. The van der Waals surface area contributed by atoms with E-state index in [0.29, 0.717) is 14.3 Å². The Balaban J connectivity index is 2.28. The van der Waals surface area contributed by atoms with Crippen molar-refractivity contribution in [3.05, 3.63) is 43.7 Å². The van der Waals surface area contributed by atoms with Gasteiger partial charge in [0.15, 0.2) is 0 Å². The minimum Gasteiger partial charge on any atom is -0.323 e. The quantitative estimate of drug-likeness (QED) is 0.181. The lowest BCUT2D eigenvalue weighted by Crippen LogP contribution is -2.27. The summed E-state index contributed by atoms with van der Waals surface area (Å²) >= 11 is 34.9. The van der Waals surface area contributed by atoms with E-state index in [2.05, 4.69) is 10.6 Å². The molecule has 2 N–H and O–H groups in total. The first-order valence-corrected chi connectivity index (χ1v) is 18.9. The van der Waals surface area contributed by atoms with Crippen LogP contribution < -0.4 is 10.6 Å². The van der Waals surface area contributed by atoms with Crippen molar-refractivity contribution in [2.24, 2.45) is 0 Å². The fraction of sp³-hybridized carbons (Fsp3) is 0.143. The van der Waals surface area contributed by atoms with E-state index in [9.17, 15) is 28.8 Å². The van der Waals surface area contributed by atoms with Crippen LogP contribution in [0.3, 0.4) is 0 Å². The molecule has 0 spiro atoms. The summed E-state index contributed by atoms with van der Waals surface area (Å²) in [5.74, 6) is -1.22. The Kier molecular flexibility index (Phi) is 15.7. The van der Waals surface area contributed by atoms with E-state index < -0.39 is 38.0 Å². The maximum atomic E-state index is 13.0. The van der Waals surface area contributed by atoms with E-state index in [1.54, 1.807) is 52.1 Å². The summed E-state index contributed by atoms with van der Waals surface area (Å²) in [5.41, 5.74) is 0.527. The third kappa shape index (κ3) is 8.81. The zero-order valence-electron chi connectivity index (χ0n) is 18.9. The van der Waals surface area contributed by atoms with E-state index in [-0.39, 0.29) is 46.5 Å². The van der Waals surface area contributed by atoms with Crippen LogP contribution in [0.25, 0.3) is 0 Å². The van der Waals surface area contributed by atoms with Gasteiger partial charge in [0.25, 0.3) is 21.0 Å². The van der Waals surface area contributed by atoms with Crippen LogP contribution in [0.4, 0.5) is 11.4 Å². The van der Waals surface area contributed by atoms with Gasteiger partial charge in [-0.05, 0) is 189 Å². The van der Waals surface area contributed by atoms with E-state index in [4.69, 9.17) is 46.4 Å². The average Bonchev–Trinajstić information content (AvgIpc) is 2.81. The Bertz CT molecular complexity index is 1430. The van der Waals surface area contributed by atoms with Crippen LogP contribution in [-0.4, -0.2) is 43.8 Å². The highest BCUT2D eigenvalue weighted by Gasteiger charge is 2.29. The third-order valence-corrected chi connectivity index (χ3v) is 13.1. The predicted octanol–water partition coefficient (Wildman–Crippen LogP) is 8.53. The summed E-state index contributed by atoms with van der Waals surface area (Å²) in [6.45, 7) is 1.56. The van der Waals surface area contributed by atoms with Crippen molar-refractivity contribution >= 4 is 238 Å². The molecular weight excluding hydrogens is 1310 g/mol. The Morgan fingerprint density at radius 3 is 1.20 bits per heavy atom. The number of hydrogen-bond acceptors (Lipinski definition) is 7. The Labute approximate surface area is 333 Å². The minimum absolute atomic E-state index is 0.0357. The molecule has 40 heavy (non-hydrogen) atoms. The smallest absolute Gasteiger partial charge is 0.254 e.